The Labute approximate surface area is 84.1 Å². The fourth-order valence-electron chi connectivity index (χ4n) is 0.635. The van der Waals surface area contributed by atoms with E-state index in [4.69, 9.17) is 0 Å². The first-order valence-corrected chi connectivity index (χ1v) is 4.16. The van der Waals surface area contributed by atoms with Crippen LogP contribution in [0.15, 0.2) is 42.5 Å². The number of hydrogen-bond donors (Lipinski definition) is 1. The average Bonchev–Trinajstić information content (AvgIpc) is 2.18. The molecule has 0 amide bonds. The maximum atomic E-state index is 10.1. The zero-order chi connectivity index (χ0) is 11.0. The molecule has 2 N–H and O–H groups in total. The molecule has 0 saturated heterocycles. The fourth-order valence-corrected chi connectivity index (χ4v) is 0.635. The smallest absolute Gasteiger partial charge is 0.351 e. The van der Waals surface area contributed by atoms with E-state index in [2.05, 4.69) is 36.4 Å². The lowest BCUT2D eigenvalue weighted by Gasteiger charge is -1.90. The molecule has 1 aromatic rings. The highest BCUT2D eigenvalue weighted by Gasteiger charge is 1.96. The minimum absolute atomic E-state index is 0.308. The van der Waals surface area contributed by atoms with Crippen LogP contribution in [0.25, 0.3) is 0 Å². The molecule has 1 rings (SSSR count). The molecule has 0 atom stereocenters. The quantitative estimate of drug-likeness (QED) is 0.548. The van der Waals surface area contributed by atoms with E-state index in [0.717, 1.165) is 0 Å². The largest absolute Gasteiger partial charge is 0.370 e. The summed E-state index contributed by atoms with van der Waals surface area (Å²) in [6.07, 6.45) is 0. The molecule has 3 nitrogen and oxygen atoms in total. The minimum Gasteiger partial charge on any atom is -0.370 e. The molecule has 14 heavy (non-hydrogen) atoms. The van der Waals surface area contributed by atoms with Crippen molar-refractivity contribution in [2.45, 2.75) is 13.8 Å². The molecule has 0 aliphatic carbocycles. The maximum absolute atomic E-state index is 10.1. The minimum atomic E-state index is -0.569. The monoisotopic (exact) mass is 193 g/mol. The number of carbonyl (C=O) groups is 1. The van der Waals surface area contributed by atoms with Crippen molar-refractivity contribution in [2.24, 2.45) is 5.90 Å². The second kappa shape index (κ2) is 6.86. The van der Waals surface area contributed by atoms with Crippen molar-refractivity contribution >= 4 is 5.97 Å². The third kappa shape index (κ3) is 5.97. The summed E-state index contributed by atoms with van der Waals surface area (Å²) in [5.41, 5.74) is 1.63. The van der Waals surface area contributed by atoms with E-state index in [1.807, 2.05) is 18.2 Å². The van der Waals surface area contributed by atoms with Gasteiger partial charge in [0.05, 0.1) is 0 Å². The second-order valence-corrected chi connectivity index (χ2v) is 2.84. The summed E-state index contributed by atoms with van der Waals surface area (Å²) in [4.78, 5) is 13.8. The van der Waals surface area contributed by atoms with E-state index in [1.54, 1.807) is 0 Å². The zero-order valence-corrected chi connectivity index (χ0v) is 8.49. The summed E-state index contributed by atoms with van der Waals surface area (Å²) in [5, 5.41) is 0. The van der Waals surface area contributed by atoms with Crippen LogP contribution in [-0.2, 0) is 9.63 Å². The van der Waals surface area contributed by atoms with Crippen LogP contribution in [0.3, 0.4) is 0 Å². The lowest BCUT2D eigenvalue weighted by atomic mass is 10.2. The van der Waals surface area contributed by atoms with Gasteiger partial charge in [0.25, 0.3) is 0 Å². The SMILES string of the molecule is C=C(C)C(=O)ON.Cc1ccccc1. The summed E-state index contributed by atoms with van der Waals surface area (Å²) in [5.74, 6) is 3.89. The molecule has 0 saturated carbocycles. The number of nitrogens with two attached hydrogens (primary N) is 1. The Morgan fingerprint density at radius 2 is 1.86 bits per heavy atom. The Bertz CT molecular complexity index is 293. The van der Waals surface area contributed by atoms with E-state index >= 15 is 0 Å². The van der Waals surface area contributed by atoms with E-state index in [0.29, 0.717) is 5.57 Å². The van der Waals surface area contributed by atoms with Gasteiger partial charge in [-0.3, -0.25) is 0 Å². The summed E-state index contributed by atoms with van der Waals surface area (Å²) < 4.78 is 0. The molecule has 3 heteroatoms. The number of benzene rings is 1. The van der Waals surface area contributed by atoms with Crippen LogP contribution in [0.4, 0.5) is 0 Å². The molecule has 0 spiro atoms. The Kier molecular flexibility index (Phi) is 6.07. The van der Waals surface area contributed by atoms with Crippen LogP contribution in [0.5, 0.6) is 0 Å². The first-order valence-electron chi connectivity index (χ1n) is 4.16. The van der Waals surface area contributed by atoms with Gasteiger partial charge in [0.2, 0.25) is 0 Å². The van der Waals surface area contributed by atoms with Crippen LogP contribution < -0.4 is 5.90 Å². The van der Waals surface area contributed by atoms with Gasteiger partial charge < -0.3 is 4.84 Å². The highest BCUT2D eigenvalue weighted by molar-refractivity contribution is 5.86. The molecule has 0 heterocycles. The molecule has 0 aliphatic heterocycles. The Morgan fingerprint density at radius 1 is 1.36 bits per heavy atom. The molecule has 0 unspecified atom stereocenters. The van der Waals surface area contributed by atoms with Crippen LogP contribution in [0.1, 0.15) is 12.5 Å². The second-order valence-electron chi connectivity index (χ2n) is 2.84. The van der Waals surface area contributed by atoms with Crippen molar-refractivity contribution in [3.63, 3.8) is 0 Å². The molecule has 0 bridgehead atoms. The molecule has 0 aliphatic rings. The van der Waals surface area contributed by atoms with Crippen molar-refractivity contribution < 1.29 is 9.63 Å². The summed E-state index contributed by atoms with van der Waals surface area (Å²) in [6, 6.07) is 10.3. The van der Waals surface area contributed by atoms with Crippen molar-refractivity contribution in [3.05, 3.63) is 48.0 Å². The highest BCUT2D eigenvalue weighted by atomic mass is 16.7. The Morgan fingerprint density at radius 3 is 2.00 bits per heavy atom. The summed E-state index contributed by atoms with van der Waals surface area (Å²) in [6.45, 7) is 6.88. The highest BCUT2D eigenvalue weighted by Crippen LogP contribution is 1.92. The summed E-state index contributed by atoms with van der Waals surface area (Å²) in [7, 11) is 0. The molecular formula is C11H15NO2. The Balaban J connectivity index is 0.000000241. The number of rotatable bonds is 1. The van der Waals surface area contributed by atoms with Gasteiger partial charge in [-0.05, 0) is 13.8 Å². The van der Waals surface area contributed by atoms with Gasteiger partial charge in [-0.2, -0.15) is 5.90 Å². The molecule has 0 fully saturated rings. The molecule has 1 aromatic carbocycles. The third-order valence-electron chi connectivity index (χ3n) is 1.40. The van der Waals surface area contributed by atoms with Crippen molar-refractivity contribution in [1.82, 2.24) is 0 Å². The molecule has 0 radical (unpaired) electrons. The number of carbonyl (C=O) groups excluding carboxylic acids is 1. The van der Waals surface area contributed by atoms with Gasteiger partial charge in [-0.25, -0.2) is 4.79 Å². The van der Waals surface area contributed by atoms with Gasteiger partial charge in [-0.15, -0.1) is 0 Å². The Hall–Kier alpha value is -1.61. The van der Waals surface area contributed by atoms with E-state index < -0.39 is 5.97 Å². The van der Waals surface area contributed by atoms with Gasteiger partial charge in [0.15, 0.2) is 0 Å². The predicted molar refractivity (Wildman–Crippen MR) is 56.3 cm³/mol. The normalized spacial score (nSPS) is 8.21. The van der Waals surface area contributed by atoms with Crippen molar-refractivity contribution in [2.75, 3.05) is 0 Å². The predicted octanol–water partition coefficient (Wildman–Crippen LogP) is 1.97. The van der Waals surface area contributed by atoms with Gasteiger partial charge in [0, 0.05) is 5.57 Å². The summed E-state index contributed by atoms with van der Waals surface area (Å²) >= 11 is 0. The molecule has 76 valence electrons. The topological polar surface area (TPSA) is 52.3 Å². The average molecular weight is 193 g/mol. The van der Waals surface area contributed by atoms with Crippen molar-refractivity contribution in [1.29, 1.82) is 0 Å². The van der Waals surface area contributed by atoms with E-state index in [-0.39, 0.29) is 0 Å². The van der Waals surface area contributed by atoms with Crippen LogP contribution >= 0.6 is 0 Å². The van der Waals surface area contributed by atoms with E-state index in [9.17, 15) is 4.79 Å². The van der Waals surface area contributed by atoms with Crippen molar-refractivity contribution in [3.8, 4) is 0 Å². The van der Waals surface area contributed by atoms with Gasteiger partial charge in [-0.1, -0.05) is 42.5 Å². The van der Waals surface area contributed by atoms with Crippen LogP contribution in [0, 0.1) is 6.92 Å². The van der Waals surface area contributed by atoms with Gasteiger partial charge >= 0.3 is 5.97 Å². The lowest BCUT2D eigenvalue weighted by molar-refractivity contribution is -0.139. The number of hydrogen-bond acceptors (Lipinski definition) is 3. The standard InChI is InChI=1S/C7H8.C4H7NO2/c1-7-5-3-2-4-6-7;1-3(2)4(6)7-5/h2-6H,1H3;1,5H2,2H3. The molecular weight excluding hydrogens is 178 g/mol. The first-order chi connectivity index (χ1) is 6.57. The van der Waals surface area contributed by atoms with E-state index in [1.165, 1.54) is 12.5 Å². The zero-order valence-electron chi connectivity index (χ0n) is 8.49. The lowest BCUT2D eigenvalue weighted by Crippen LogP contribution is -2.09. The molecule has 0 aromatic heterocycles. The first kappa shape index (κ1) is 12.4. The fraction of sp³-hybridized carbons (Fsp3) is 0.182. The third-order valence-corrected chi connectivity index (χ3v) is 1.40. The van der Waals surface area contributed by atoms with Crippen LogP contribution in [-0.4, -0.2) is 5.97 Å². The maximum Gasteiger partial charge on any atom is 0.351 e. The van der Waals surface area contributed by atoms with Gasteiger partial charge in [0.1, 0.15) is 0 Å². The number of aryl methyl sites for hydroxylation is 1. The van der Waals surface area contributed by atoms with Crippen LogP contribution in [0.2, 0.25) is 0 Å².